The number of aryl methyl sites for hydroxylation is 1. The number of fused-ring (bicyclic) bond motifs is 3. The minimum Gasteiger partial charge on any atom is -0.337 e. The summed E-state index contributed by atoms with van der Waals surface area (Å²) in [4.78, 5) is 24.2. The van der Waals surface area contributed by atoms with Gasteiger partial charge in [0.05, 0.1) is 11.7 Å². The molecule has 3 heterocycles. The van der Waals surface area contributed by atoms with Crippen LogP contribution in [0.1, 0.15) is 29.7 Å². The Labute approximate surface area is 173 Å². The molecule has 1 aliphatic rings. The van der Waals surface area contributed by atoms with Crippen LogP contribution in [0.5, 0.6) is 0 Å². The lowest BCUT2D eigenvalue weighted by atomic mass is 9.89. The van der Waals surface area contributed by atoms with Gasteiger partial charge in [-0.1, -0.05) is 40.1 Å². The van der Waals surface area contributed by atoms with Crippen molar-refractivity contribution in [1.29, 1.82) is 0 Å². The molecule has 0 radical (unpaired) electrons. The van der Waals surface area contributed by atoms with Crippen LogP contribution in [-0.4, -0.2) is 19.7 Å². The Bertz CT molecular complexity index is 1240. The minimum atomic E-state index is -0.0285. The van der Waals surface area contributed by atoms with Gasteiger partial charge < -0.3 is 4.52 Å². The highest BCUT2D eigenvalue weighted by Gasteiger charge is 2.23. The first-order valence-electron chi connectivity index (χ1n) is 9.16. The van der Waals surface area contributed by atoms with Gasteiger partial charge in [-0.05, 0) is 42.9 Å². The van der Waals surface area contributed by atoms with Crippen molar-refractivity contribution in [3.63, 3.8) is 0 Å². The first-order valence-corrected chi connectivity index (χ1v) is 10.8. The molecule has 1 aliphatic carbocycles. The zero-order valence-electron chi connectivity index (χ0n) is 15.2. The Hall–Kier alpha value is -2.32. The number of hydrogen-bond acceptors (Lipinski definition) is 6. The van der Waals surface area contributed by atoms with Gasteiger partial charge in [-0.15, -0.1) is 11.3 Å². The van der Waals surface area contributed by atoms with E-state index in [1.807, 2.05) is 24.3 Å². The highest BCUT2D eigenvalue weighted by Crippen LogP contribution is 2.35. The smallest absolute Gasteiger partial charge is 0.262 e. The molecule has 0 saturated heterocycles. The average Bonchev–Trinajstić information content (AvgIpc) is 3.28. The molecule has 0 fully saturated rings. The molecule has 0 N–H and O–H groups in total. The van der Waals surface area contributed by atoms with Crippen LogP contribution >= 0.6 is 27.3 Å². The molecule has 0 bridgehead atoms. The van der Waals surface area contributed by atoms with Crippen LogP contribution in [0.3, 0.4) is 0 Å². The fourth-order valence-corrected chi connectivity index (χ4v) is 5.43. The molecular formula is C20H17BrN4O2S. The van der Waals surface area contributed by atoms with E-state index in [-0.39, 0.29) is 12.1 Å². The third kappa shape index (κ3) is 3.10. The lowest BCUT2D eigenvalue weighted by molar-refractivity contribution is 0.369. The fourth-order valence-electron chi connectivity index (χ4n) is 3.69. The number of hydrogen-bond donors (Lipinski definition) is 0. The largest absolute Gasteiger partial charge is 0.337 e. The van der Waals surface area contributed by atoms with E-state index in [1.165, 1.54) is 10.4 Å². The van der Waals surface area contributed by atoms with Gasteiger partial charge >= 0.3 is 0 Å². The van der Waals surface area contributed by atoms with Gasteiger partial charge in [0.1, 0.15) is 11.4 Å². The van der Waals surface area contributed by atoms with E-state index in [9.17, 15) is 4.79 Å². The van der Waals surface area contributed by atoms with Gasteiger partial charge in [0.25, 0.3) is 5.56 Å². The highest BCUT2D eigenvalue weighted by atomic mass is 79.9. The third-order valence-corrected chi connectivity index (χ3v) is 6.79. The number of halogens is 1. The second-order valence-corrected chi connectivity index (χ2v) is 9.23. The van der Waals surface area contributed by atoms with Gasteiger partial charge in [0.15, 0.2) is 0 Å². The minimum absolute atomic E-state index is 0.0285. The van der Waals surface area contributed by atoms with E-state index in [1.54, 1.807) is 22.2 Å². The number of benzene rings is 1. The molecule has 6 nitrogen and oxygen atoms in total. The summed E-state index contributed by atoms with van der Waals surface area (Å²) in [6.07, 6.45) is 4.69. The van der Waals surface area contributed by atoms with E-state index in [4.69, 9.17) is 4.52 Å². The maximum Gasteiger partial charge on any atom is 0.262 e. The summed E-state index contributed by atoms with van der Waals surface area (Å²) < 4.78 is 7.88. The third-order valence-electron chi connectivity index (χ3n) is 5.14. The topological polar surface area (TPSA) is 73.8 Å². The molecule has 8 heteroatoms. The van der Waals surface area contributed by atoms with E-state index in [0.29, 0.717) is 17.6 Å². The maximum absolute atomic E-state index is 13.1. The van der Waals surface area contributed by atoms with Crippen LogP contribution in [0.4, 0.5) is 0 Å². The van der Waals surface area contributed by atoms with Gasteiger partial charge in [-0.2, -0.15) is 4.98 Å². The summed E-state index contributed by atoms with van der Waals surface area (Å²) in [7, 11) is 0. The lowest BCUT2D eigenvalue weighted by Crippen LogP contribution is -2.22. The zero-order valence-corrected chi connectivity index (χ0v) is 17.6. The van der Waals surface area contributed by atoms with Crippen molar-refractivity contribution in [2.75, 3.05) is 0 Å². The molecule has 4 aromatic rings. The van der Waals surface area contributed by atoms with Crippen molar-refractivity contribution in [3.05, 3.63) is 61.8 Å². The Morgan fingerprint density at radius 2 is 2.29 bits per heavy atom. The first kappa shape index (κ1) is 17.8. The molecule has 142 valence electrons. The van der Waals surface area contributed by atoms with Crippen molar-refractivity contribution in [2.45, 2.75) is 32.7 Å². The van der Waals surface area contributed by atoms with Gasteiger partial charge in [0, 0.05) is 14.9 Å². The Morgan fingerprint density at radius 1 is 1.39 bits per heavy atom. The van der Waals surface area contributed by atoms with Crippen LogP contribution in [0.15, 0.2) is 44.4 Å². The SMILES string of the molecule is CC1CCc2c(sc3ncn(Cc4nc(-c5cccc(Br)c5)no4)c(=O)c23)C1. The van der Waals surface area contributed by atoms with E-state index in [2.05, 4.69) is 38.0 Å². The van der Waals surface area contributed by atoms with Crippen molar-refractivity contribution in [1.82, 2.24) is 19.7 Å². The summed E-state index contributed by atoms with van der Waals surface area (Å²) in [5.41, 5.74) is 2.01. The second-order valence-electron chi connectivity index (χ2n) is 7.23. The highest BCUT2D eigenvalue weighted by molar-refractivity contribution is 9.10. The molecule has 0 aliphatic heterocycles. The van der Waals surface area contributed by atoms with Crippen LogP contribution in [0.25, 0.3) is 21.6 Å². The van der Waals surface area contributed by atoms with E-state index < -0.39 is 0 Å². The molecule has 28 heavy (non-hydrogen) atoms. The predicted molar refractivity (Wildman–Crippen MR) is 112 cm³/mol. The van der Waals surface area contributed by atoms with Crippen LogP contribution in [-0.2, 0) is 19.4 Å². The predicted octanol–water partition coefficient (Wildman–Crippen LogP) is 4.44. The number of nitrogens with zero attached hydrogens (tertiary/aromatic N) is 4. The molecule has 1 aromatic carbocycles. The number of aromatic nitrogens is 4. The first-order chi connectivity index (χ1) is 13.6. The van der Waals surface area contributed by atoms with E-state index in [0.717, 1.165) is 39.5 Å². The average molecular weight is 457 g/mol. The van der Waals surface area contributed by atoms with Gasteiger partial charge in [0.2, 0.25) is 11.7 Å². The second kappa shape index (κ2) is 6.93. The van der Waals surface area contributed by atoms with Crippen LogP contribution in [0.2, 0.25) is 0 Å². The maximum atomic E-state index is 13.1. The fraction of sp³-hybridized carbons (Fsp3) is 0.300. The van der Waals surface area contributed by atoms with Crippen molar-refractivity contribution >= 4 is 37.5 Å². The standard InChI is InChI=1S/C20H17BrN4O2S/c1-11-5-6-14-15(7-11)28-19-17(14)20(26)25(10-22-19)9-16-23-18(24-27-16)12-3-2-4-13(21)8-12/h2-4,8,10-11H,5-7,9H2,1H3. The van der Waals surface area contributed by atoms with Crippen LogP contribution < -0.4 is 5.56 Å². The summed E-state index contributed by atoms with van der Waals surface area (Å²) in [6.45, 7) is 2.47. The molecule has 0 amide bonds. The molecule has 1 unspecified atom stereocenters. The van der Waals surface area contributed by atoms with Crippen molar-refractivity contribution in [3.8, 4) is 11.4 Å². The summed E-state index contributed by atoms with van der Waals surface area (Å²) >= 11 is 5.10. The Balaban J connectivity index is 1.49. The lowest BCUT2D eigenvalue weighted by Gasteiger charge is -2.17. The molecule has 3 aromatic heterocycles. The summed E-state index contributed by atoms with van der Waals surface area (Å²) in [5, 5.41) is 4.81. The number of rotatable bonds is 3. The Kier molecular flexibility index (Phi) is 4.40. The normalized spacial score (nSPS) is 16.4. The molecule has 5 rings (SSSR count). The molecular weight excluding hydrogens is 440 g/mol. The van der Waals surface area contributed by atoms with Crippen molar-refractivity contribution in [2.24, 2.45) is 5.92 Å². The van der Waals surface area contributed by atoms with E-state index >= 15 is 0 Å². The Morgan fingerprint density at radius 3 is 3.14 bits per heavy atom. The quantitative estimate of drug-likeness (QED) is 0.455. The monoisotopic (exact) mass is 456 g/mol. The van der Waals surface area contributed by atoms with Crippen LogP contribution in [0, 0.1) is 5.92 Å². The van der Waals surface area contributed by atoms with Crippen molar-refractivity contribution < 1.29 is 4.52 Å². The molecule has 1 atom stereocenters. The van der Waals surface area contributed by atoms with Gasteiger partial charge in [-0.25, -0.2) is 4.98 Å². The zero-order chi connectivity index (χ0) is 19.3. The van der Waals surface area contributed by atoms with Gasteiger partial charge in [-0.3, -0.25) is 9.36 Å². The number of thiophene rings is 1. The summed E-state index contributed by atoms with van der Waals surface area (Å²) in [6, 6.07) is 7.69. The summed E-state index contributed by atoms with van der Waals surface area (Å²) in [5.74, 6) is 1.55. The molecule has 0 spiro atoms. The molecule has 0 saturated carbocycles.